The summed E-state index contributed by atoms with van der Waals surface area (Å²) in [4.78, 5) is 44.6. The van der Waals surface area contributed by atoms with E-state index in [1.807, 2.05) is 0 Å². The number of anilines is 2. The Labute approximate surface area is 211 Å². The molecule has 0 radical (unpaired) electrons. The van der Waals surface area contributed by atoms with Crippen LogP contribution in [0.5, 0.6) is 10.9 Å². The molecule has 0 atom stereocenters. The molecule has 0 unspecified atom stereocenters. The molecule has 2 heterocycles. The molecule has 4 rings (SSSR count). The second-order valence-corrected chi connectivity index (χ2v) is 8.64. The number of aryl methyl sites for hydroxylation is 1. The van der Waals surface area contributed by atoms with Crippen molar-refractivity contribution < 1.29 is 19.0 Å². The summed E-state index contributed by atoms with van der Waals surface area (Å²) in [7, 11) is 0. The monoisotopic (exact) mass is 532 g/mol. The molecule has 2 aromatic carbocycles. The van der Waals surface area contributed by atoms with Gasteiger partial charge in [0.05, 0.1) is 13.0 Å². The summed E-state index contributed by atoms with van der Waals surface area (Å²) in [6.07, 6.45) is -0.439. The van der Waals surface area contributed by atoms with E-state index in [1.165, 1.54) is 12.1 Å². The first-order chi connectivity index (χ1) is 17.2. The molecule has 2 N–H and O–H groups in total. The van der Waals surface area contributed by atoms with Crippen LogP contribution in [0.3, 0.4) is 0 Å². The molecule has 4 aromatic rings. The highest BCUT2D eigenvalue weighted by atomic mass is 35.5. The van der Waals surface area contributed by atoms with Crippen LogP contribution in [0.15, 0.2) is 52.1 Å². The quantitative estimate of drug-likeness (QED) is 0.331. The van der Waals surface area contributed by atoms with Crippen LogP contribution in [0.2, 0.25) is 5.02 Å². The summed E-state index contributed by atoms with van der Waals surface area (Å²) in [5.74, 6) is -1.65. The maximum Gasteiger partial charge on any atom is 0.354 e. The lowest BCUT2D eigenvalue weighted by Crippen LogP contribution is -2.43. The predicted octanol–water partition coefficient (Wildman–Crippen LogP) is 3.42. The molecule has 0 amide bonds. The van der Waals surface area contributed by atoms with Crippen LogP contribution < -0.4 is 21.4 Å². The first kappa shape index (κ1) is 25.0. The van der Waals surface area contributed by atoms with E-state index in [1.54, 1.807) is 31.2 Å². The molecular formula is C22H18ClFN6O5S. The molecule has 0 aliphatic rings. The smallest absolute Gasteiger partial charge is 0.354 e. The fourth-order valence-electron chi connectivity index (χ4n) is 3.14. The molecule has 0 aliphatic carbocycles. The van der Waals surface area contributed by atoms with E-state index in [0.717, 1.165) is 26.7 Å². The highest BCUT2D eigenvalue weighted by Gasteiger charge is 2.16. The number of nitrogens with zero attached hydrogens (tertiary/aromatic N) is 5. The van der Waals surface area contributed by atoms with Crippen molar-refractivity contribution in [2.75, 3.05) is 5.32 Å². The lowest BCUT2D eigenvalue weighted by atomic mass is 10.2. The van der Waals surface area contributed by atoms with Crippen molar-refractivity contribution in [3.05, 3.63) is 85.7 Å². The van der Waals surface area contributed by atoms with Crippen molar-refractivity contribution in [2.45, 2.75) is 26.4 Å². The van der Waals surface area contributed by atoms with Gasteiger partial charge in [0, 0.05) is 34.9 Å². The van der Waals surface area contributed by atoms with Gasteiger partial charge in [-0.25, -0.2) is 18.5 Å². The number of ether oxygens (including phenoxy) is 1. The SMILES string of the molecule is Cc1nsc(Oc2ccc(Nc3nc(=O)n(CCC(=O)O)c(=O)n3Cc3ccc(Cl)cc3)cc2F)n1. The molecule has 2 aromatic heterocycles. The lowest BCUT2D eigenvalue weighted by molar-refractivity contribution is -0.137. The minimum absolute atomic E-state index is 0.0151. The van der Waals surface area contributed by atoms with Crippen LogP contribution in [0.25, 0.3) is 0 Å². The van der Waals surface area contributed by atoms with Crippen LogP contribution in [-0.4, -0.2) is 34.6 Å². The van der Waals surface area contributed by atoms with Crippen molar-refractivity contribution in [3.63, 3.8) is 0 Å². The van der Waals surface area contributed by atoms with Crippen LogP contribution in [-0.2, 0) is 17.9 Å². The van der Waals surface area contributed by atoms with Gasteiger partial charge in [0.1, 0.15) is 5.82 Å². The summed E-state index contributed by atoms with van der Waals surface area (Å²) in [5.41, 5.74) is -0.867. The third-order valence-electron chi connectivity index (χ3n) is 4.85. The molecule has 186 valence electrons. The molecule has 0 spiro atoms. The molecule has 0 saturated carbocycles. The van der Waals surface area contributed by atoms with Crippen molar-refractivity contribution >= 4 is 40.7 Å². The fourth-order valence-corrected chi connectivity index (χ4v) is 3.82. The third kappa shape index (κ3) is 5.93. The molecule has 11 nitrogen and oxygen atoms in total. The molecule has 14 heteroatoms. The zero-order valence-corrected chi connectivity index (χ0v) is 20.2. The predicted molar refractivity (Wildman–Crippen MR) is 130 cm³/mol. The summed E-state index contributed by atoms with van der Waals surface area (Å²) in [6.45, 7) is 1.31. The highest BCUT2D eigenvalue weighted by molar-refractivity contribution is 7.07. The average molecular weight is 533 g/mol. The maximum atomic E-state index is 14.7. The lowest BCUT2D eigenvalue weighted by Gasteiger charge is -2.16. The van der Waals surface area contributed by atoms with Gasteiger partial charge >= 0.3 is 17.3 Å². The van der Waals surface area contributed by atoms with Gasteiger partial charge in [-0.2, -0.15) is 14.3 Å². The number of hydrogen-bond acceptors (Lipinski definition) is 9. The topological polar surface area (TPSA) is 141 Å². The van der Waals surface area contributed by atoms with Gasteiger partial charge in [-0.15, -0.1) is 0 Å². The molecule has 0 aliphatic heterocycles. The number of hydrogen-bond donors (Lipinski definition) is 2. The van der Waals surface area contributed by atoms with E-state index in [2.05, 4.69) is 19.7 Å². The summed E-state index contributed by atoms with van der Waals surface area (Å²) in [5, 5.41) is 12.4. The van der Waals surface area contributed by atoms with Crippen LogP contribution in [0.4, 0.5) is 16.0 Å². The number of benzene rings is 2. The Kier molecular flexibility index (Phi) is 7.41. The summed E-state index contributed by atoms with van der Waals surface area (Å²) < 4.78 is 26.0. The van der Waals surface area contributed by atoms with Gasteiger partial charge in [-0.1, -0.05) is 23.7 Å². The van der Waals surface area contributed by atoms with Gasteiger partial charge in [0.25, 0.3) is 5.19 Å². The van der Waals surface area contributed by atoms with Gasteiger partial charge in [-0.05, 0) is 36.8 Å². The zero-order valence-electron chi connectivity index (χ0n) is 18.6. The number of aliphatic carboxylic acids is 1. The molecule has 0 bridgehead atoms. The third-order valence-corrected chi connectivity index (χ3v) is 5.79. The molecular weight excluding hydrogens is 515 g/mol. The van der Waals surface area contributed by atoms with Gasteiger partial charge in [0.15, 0.2) is 11.6 Å². The van der Waals surface area contributed by atoms with Gasteiger partial charge < -0.3 is 15.2 Å². The normalized spacial score (nSPS) is 10.9. The fraction of sp³-hybridized carbons (Fsp3) is 0.182. The van der Waals surface area contributed by atoms with Crippen molar-refractivity contribution in [2.24, 2.45) is 0 Å². The van der Waals surface area contributed by atoms with Gasteiger partial charge in [-0.3, -0.25) is 9.36 Å². The minimum atomic E-state index is -1.17. The van der Waals surface area contributed by atoms with E-state index in [9.17, 15) is 18.8 Å². The van der Waals surface area contributed by atoms with E-state index < -0.39 is 29.6 Å². The highest BCUT2D eigenvalue weighted by Crippen LogP contribution is 2.28. The van der Waals surface area contributed by atoms with Crippen molar-refractivity contribution in [1.29, 1.82) is 0 Å². The second-order valence-electron chi connectivity index (χ2n) is 7.49. The van der Waals surface area contributed by atoms with E-state index in [4.69, 9.17) is 21.4 Å². The number of carboxylic acid groups (broad SMARTS) is 1. The molecule has 0 saturated heterocycles. The Hall–Kier alpha value is -4.10. The van der Waals surface area contributed by atoms with Crippen molar-refractivity contribution in [1.82, 2.24) is 23.5 Å². The van der Waals surface area contributed by atoms with Gasteiger partial charge in [0.2, 0.25) is 5.95 Å². The molecule has 36 heavy (non-hydrogen) atoms. The number of rotatable bonds is 9. The first-order valence-electron chi connectivity index (χ1n) is 10.4. The van der Waals surface area contributed by atoms with Crippen LogP contribution in [0.1, 0.15) is 17.8 Å². The Bertz CT molecular complexity index is 1540. The zero-order chi connectivity index (χ0) is 25.8. The Morgan fingerprint density at radius 3 is 2.56 bits per heavy atom. The standard InChI is InChI=1S/C22H18ClFN6O5S/c1-12-25-21(36-28-12)35-17-7-6-15(10-16(17)24)26-19-27-20(33)29(9-8-18(31)32)22(34)30(19)11-13-2-4-14(23)5-3-13/h2-7,10H,8-9,11H2,1H3,(H,31,32)(H,26,27,33). The number of halogens is 2. The van der Waals surface area contributed by atoms with Crippen LogP contribution in [0, 0.1) is 12.7 Å². The Morgan fingerprint density at radius 2 is 1.92 bits per heavy atom. The number of carboxylic acids is 1. The number of aromatic nitrogens is 5. The Balaban J connectivity index is 1.68. The minimum Gasteiger partial charge on any atom is -0.481 e. The maximum absolute atomic E-state index is 14.7. The van der Waals surface area contributed by atoms with Crippen LogP contribution >= 0.6 is 23.1 Å². The largest absolute Gasteiger partial charge is 0.481 e. The summed E-state index contributed by atoms with van der Waals surface area (Å²) in [6, 6.07) is 10.6. The second kappa shape index (κ2) is 10.7. The molecule has 0 fully saturated rings. The Morgan fingerprint density at radius 1 is 1.17 bits per heavy atom. The van der Waals surface area contributed by atoms with E-state index in [-0.39, 0.29) is 35.7 Å². The van der Waals surface area contributed by atoms with E-state index >= 15 is 0 Å². The average Bonchev–Trinajstić information content (AvgIpc) is 3.23. The van der Waals surface area contributed by atoms with Crippen molar-refractivity contribution in [3.8, 4) is 10.9 Å². The first-order valence-corrected chi connectivity index (χ1v) is 11.6. The van der Waals surface area contributed by atoms with E-state index in [0.29, 0.717) is 16.4 Å². The number of nitrogens with one attached hydrogen (secondary N) is 1. The number of carbonyl (C=O) groups is 1. The summed E-state index contributed by atoms with van der Waals surface area (Å²) >= 11 is 6.91.